The van der Waals surface area contributed by atoms with Gasteiger partial charge in [-0.2, -0.15) is 0 Å². The number of carbonyl (C=O) groups is 1. The quantitative estimate of drug-likeness (QED) is 0.839. The summed E-state index contributed by atoms with van der Waals surface area (Å²) in [7, 11) is 3.91. The SMILES string of the molecule is CCC(CC)C(CNC(=O)c1cccc(F)c1F)N(C)C. The highest BCUT2D eigenvalue weighted by Gasteiger charge is 2.22. The van der Waals surface area contributed by atoms with Crippen molar-refractivity contribution in [2.75, 3.05) is 20.6 Å². The molecule has 21 heavy (non-hydrogen) atoms. The fourth-order valence-electron chi connectivity index (χ4n) is 2.58. The number of carbonyl (C=O) groups excluding carboxylic acids is 1. The first-order valence-corrected chi connectivity index (χ1v) is 7.30. The number of nitrogens with one attached hydrogen (secondary N) is 1. The number of likely N-dealkylation sites (N-methyl/N-ethyl adjacent to an activating group) is 1. The van der Waals surface area contributed by atoms with Gasteiger partial charge in [-0.3, -0.25) is 4.79 Å². The lowest BCUT2D eigenvalue weighted by atomic mass is 9.93. The van der Waals surface area contributed by atoms with Crippen LogP contribution in [-0.4, -0.2) is 37.5 Å². The van der Waals surface area contributed by atoms with Crippen LogP contribution in [-0.2, 0) is 0 Å². The normalized spacial score (nSPS) is 12.8. The van der Waals surface area contributed by atoms with E-state index in [4.69, 9.17) is 0 Å². The summed E-state index contributed by atoms with van der Waals surface area (Å²) in [5, 5.41) is 2.71. The van der Waals surface area contributed by atoms with E-state index in [1.54, 1.807) is 0 Å². The van der Waals surface area contributed by atoms with E-state index in [2.05, 4.69) is 24.1 Å². The third-order valence-corrected chi connectivity index (χ3v) is 3.92. The maximum Gasteiger partial charge on any atom is 0.254 e. The van der Waals surface area contributed by atoms with Crippen LogP contribution in [0.5, 0.6) is 0 Å². The lowest BCUT2D eigenvalue weighted by molar-refractivity contribution is 0.0923. The standard InChI is InChI=1S/C16H24F2N2O/c1-5-11(6-2)14(20(3)4)10-19-16(21)12-8-7-9-13(17)15(12)18/h7-9,11,14H,5-6,10H2,1-4H3,(H,19,21). The van der Waals surface area contributed by atoms with Gasteiger partial charge in [0, 0.05) is 12.6 Å². The predicted molar refractivity (Wildman–Crippen MR) is 80.2 cm³/mol. The van der Waals surface area contributed by atoms with Gasteiger partial charge in [-0.15, -0.1) is 0 Å². The Bertz CT molecular complexity index is 473. The number of halogens is 2. The van der Waals surface area contributed by atoms with Gasteiger partial charge in [0.15, 0.2) is 11.6 Å². The molecule has 0 aromatic heterocycles. The van der Waals surface area contributed by atoms with Crippen LogP contribution < -0.4 is 5.32 Å². The Kier molecular flexibility index (Phi) is 6.75. The number of rotatable bonds is 7. The summed E-state index contributed by atoms with van der Waals surface area (Å²) >= 11 is 0. The van der Waals surface area contributed by atoms with Crippen molar-refractivity contribution in [1.29, 1.82) is 0 Å². The van der Waals surface area contributed by atoms with Crippen molar-refractivity contribution >= 4 is 5.91 Å². The van der Waals surface area contributed by atoms with E-state index in [1.165, 1.54) is 12.1 Å². The van der Waals surface area contributed by atoms with Gasteiger partial charge in [0.05, 0.1) is 5.56 Å². The third kappa shape index (κ3) is 4.49. The van der Waals surface area contributed by atoms with Crippen LogP contribution >= 0.6 is 0 Å². The summed E-state index contributed by atoms with van der Waals surface area (Å²) in [4.78, 5) is 14.1. The molecule has 3 nitrogen and oxygen atoms in total. The van der Waals surface area contributed by atoms with Crippen molar-refractivity contribution in [3.8, 4) is 0 Å². The average Bonchev–Trinajstić information content (AvgIpc) is 2.45. The van der Waals surface area contributed by atoms with Crippen molar-refractivity contribution in [2.45, 2.75) is 32.7 Å². The molecule has 1 aromatic carbocycles. The van der Waals surface area contributed by atoms with E-state index in [9.17, 15) is 13.6 Å². The Morgan fingerprint density at radius 1 is 1.24 bits per heavy atom. The molecule has 0 bridgehead atoms. The fourth-order valence-corrected chi connectivity index (χ4v) is 2.58. The molecule has 1 amide bonds. The minimum Gasteiger partial charge on any atom is -0.350 e. The van der Waals surface area contributed by atoms with Crippen LogP contribution in [0.4, 0.5) is 8.78 Å². The molecule has 118 valence electrons. The summed E-state index contributed by atoms with van der Waals surface area (Å²) < 4.78 is 26.7. The first-order chi connectivity index (χ1) is 9.92. The lowest BCUT2D eigenvalue weighted by Crippen LogP contribution is -2.44. The van der Waals surface area contributed by atoms with Crippen LogP contribution in [0, 0.1) is 17.6 Å². The summed E-state index contributed by atoms with van der Waals surface area (Å²) in [6.07, 6.45) is 2.01. The van der Waals surface area contributed by atoms with Gasteiger partial charge < -0.3 is 10.2 Å². The smallest absolute Gasteiger partial charge is 0.254 e. The maximum absolute atomic E-state index is 13.6. The summed E-state index contributed by atoms with van der Waals surface area (Å²) in [6, 6.07) is 3.78. The van der Waals surface area contributed by atoms with E-state index in [0.717, 1.165) is 18.9 Å². The van der Waals surface area contributed by atoms with Crippen LogP contribution in [0.2, 0.25) is 0 Å². The second-order valence-corrected chi connectivity index (χ2v) is 5.42. The molecule has 1 unspecified atom stereocenters. The molecule has 0 heterocycles. The molecule has 0 spiro atoms. The largest absolute Gasteiger partial charge is 0.350 e. The topological polar surface area (TPSA) is 32.3 Å². The minimum absolute atomic E-state index is 0.167. The Morgan fingerprint density at radius 3 is 2.38 bits per heavy atom. The van der Waals surface area contributed by atoms with Crippen LogP contribution in [0.15, 0.2) is 18.2 Å². The van der Waals surface area contributed by atoms with Gasteiger partial charge in [-0.05, 0) is 32.1 Å². The van der Waals surface area contributed by atoms with E-state index in [1.807, 2.05) is 14.1 Å². The maximum atomic E-state index is 13.6. The molecule has 0 radical (unpaired) electrons. The first-order valence-electron chi connectivity index (χ1n) is 7.30. The second kappa shape index (κ2) is 8.08. The number of hydrogen-bond donors (Lipinski definition) is 1. The highest BCUT2D eigenvalue weighted by molar-refractivity contribution is 5.94. The first kappa shape index (κ1) is 17.6. The second-order valence-electron chi connectivity index (χ2n) is 5.42. The zero-order chi connectivity index (χ0) is 16.0. The minimum atomic E-state index is -1.10. The highest BCUT2D eigenvalue weighted by atomic mass is 19.2. The van der Waals surface area contributed by atoms with E-state index < -0.39 is 17.5 Å². The monoisotopic (exact) mass is 298 g/mol. The third-order valence-electron chi connectivity index (χ3n) is 3.92. The molecule has 5 heteroatoms. The van der Waals surface area contributed by atoms with Gasteiger partial charge in [-0.1, -0.05) is 32.8 Å². The van der Waals surface area contributed by atoms with Crippen LogP contribution in [0.1, 0.15) is 37.0 Å². The molecule has 0 aliphatic carbocycles. The van der Waals surface area contributed by atoms with Crippen molar-refractivity contribution in [1.82, 2.24) is 10.2 Å². The zero-order valence-corrected chi connectivity index (χ0v) is 13.1. The lowest BCUT2D eigenvalue weighted by Gasteiger charge is -2.31. The van der Waals surface area contributed by atoms with E-state index >= 15 is 0 Å². The summed E-state index contributed by atoms with van der Waals surface area (Å²) in [5.41, 5.74) is -0.253. The van der Waals surface area contributed by atoms with Crippen molar-refractivity contribution < 1.29 is 13.6 Å². The molecule has 1 aromatic rings. The van der Waals surface area contributed by atoms with Gasteiger partial charge in [0.2, 0.25) is 0 Å². The van der Waals surface area contributed by atoms with E-state index in [0.29, 0.717) is 12.5 Å². The molecule has 1 N–H and O–H groups in total. The van der Waals surface area contributed by atoms with Crippen molar-refractivity contribution in [3.63, 3.8) is 0 Å². The van der Waals surface area contributed by atoms with Gasteiger partial charge >= 0.3 is 0 Å². The number of amides is 1. The van der Waals surface area contributed by atoms with Gasteiger partial charge in [0.25, 0.3) is 5.91 Å². The zero-order valence-electron chi connectivity index (χ0n) is 13.1. The number of hydrogen-bond acceptors (Lipinski definition) is 2. The predicted octanol–water partition coefficient (Wildman–Crippen LogP) is 3.06. The Labute approximate surface area is 125 Å². The van der Waals surface area contributed by atoms with Crippen molar-refractivity contribution in [3.05, 3.63) is 35.4 Å². The fraction of sp³-hybridized carbons (Fsp3) is 0.562. The summed E-state index contributed by atoms with van der Waals surface area (Å²) in [5.74, 6) is -2.24. The van der Waals surface area contributed by atoms with Crippen LogP contribution in [0.25, 0.3) is 0 Å². The molecular weight excluding hydrogens is 274 g/mol. The number of nitrogens with zero attached hydrogens (tertiary/aromatic N) is 1. The molecule has 0 aliphatic heterocycles. The Balaban J connectivity index is 2.76. The molecule has 0 saturated heterocycles. The molecule has 1 atom stereocenters. The van der Waals surface area contributed by atoms with E-state index in [-0.39, 0.29) is 11.6 Å². The highest BCUT2D eigenvalue weighted by Crippen LogP contribution is 2.17. The summed E-state index contributed by atoms with van der Waals surface area (Å²) in [6.45, 7) is 4.63. The number of benzene rings is 1. The molecule has 0 aliphatic rings. The molecule has 0 saturated carbocycles. The van der Waals surface area contributed by atoms with Gasteiger partial charge in [0.1, 0.15) is 0 Å². The Morgan fingerprint density at radius 2 is 1.86 bits per heavy atom. The molecule has 1 rings (SSSR count). The molecular formula is C16H24F2N2O. The average molecular weight is 298 g/mol. The van der Waals surface area contributed by atoms with Gasteiger partial charge in [-0.25, -0.2) is 8.78 Å². The Hall–Kier alpha value is -1.49. The van der Waals surface area contributed by atoms with Crippen molar-refractivity contribution in [2.24, 2.45) is 5.92 Å². The van der Waals surface area contributed by atoms with Crippen LogP contribution in [0.3, 0.4) is 0 Å². The molecule has 0 fully saturated rings.